The van der Waals surface area contributed by atoms with Gasteiger partial charge in [0.15, 0.2) is 0 Å². The molecule has 2 aromatic rings. The Morgan fingerprint density at radius 2 is 1.89 bits per heavy atom. The number of anilines is 4. The first-order valence-electron chi connectivity index (χ1n) is 13.4. The summed E-state index contributed by atoms with van der Waals surface area (Å²) in [5.41, 5.74) is 2.87. The monoisotopic (exact) mass is 536 g/mol. The third-order valence-electron chi connectivity index (χ3n) is 7.72. The van der Waals surface area contributed by atoms with Gasteiger partial charge in [0, 0.05) is 81.2 Å². The molecule has 1 unspecified atom stereocenters. The number of nitrogens with one attached hydrogen (secondary N) is 2. The zero-order chi connectivity index (χ0) is 26.6. The number of benzene rings is 1. The van der Waals surface area contributed by atoms with Crippen molar-refractivity contribution in [2.45, 2.75) is 31.7 Å². The quantitative estimate of drug-likeness (QED) is 0.438. The Balaban J connectivity index is 1.26. The molecule has 2 amide bonds. The molecule has 2 N–H and O–H groups in total. The molecule has 10 nitrogen and oxygen atoms in total. The van der Waals surface area contributed by atoms with Crippen molar-refractivity contribution in [2.75, 3.05) is 68.0 Å². The van der Waals surface area contributed by atoms with Gasteiger partial charge in [0.05, 0.1) is 0 Å². The number of likely N-dealkylation sites (N-methyl/N-ethyl adjacent to an activating group) is 1. The third kappa shape index (κ3) is 5.82. The number of carbonyl (C=O) groups is 2. The molecule has 5 rings (SSSR count). The first-order chi connectivity index (χ1) is 18.4. The smallest absolute Gasteiger partial charge is 0.321 e. The minimum atomic E-state index is -0.708. The number of hydrogen-bond donors (Lipinski definition) is 2. The second-order valence-corrected chi connectivity index (χ2v) is 10.8. The lowest BCUT2D eigenvalue weighted by atomic mass is 10.0. The Kier molecular flexibility index (Phi) is 8.21. The average Bonchev–Trinajstić information content (AvgIpc) is 2.98. The molecular formula is C27H37N8O2P. The van der Waals surface area contributed by atoms with Crippen LogP contribution in [0.15, 0.2) is 37.2 Å². The van der Waals surface area contributed by atoms with Gasteiger partial charge >= 0.3 is 11.8 Å². The van der Waals surface area contributed by atoms with Gasteiger partial charge in [0.2, 0.25) is 5.95 Å². The number of carbonyl (C=O) groups excluding carboxylic acids is 2. The average molecular weight is 537 g/mol. The van der Waals surface area contributed by atoms with E-state index >= 15 is 0 Å². The van der Waals surface area contributed by atoms with Gasteiger partial charge in [-0.2, -0.15) is 4.98 Å². The molecule has 0 radical (unpaired) electrons. The van der Waals surface area contributed by atoms with Crippen LogP contribution in [0, 0.1) is 0 Å². The Morgan fingerprint density at radius 1 is 1.13 bits per heavy atom. The summed E-state index contributed by atoms with van der Waals surface area (Å²) in [5, 5.41) is 7.01. The normalized spacial score (nSPS) is 20.3. The van der Waals surface area contributed by atoms with E-state index in [1.165, 1.54) is 42.7 Å². The van der Waals surface area contributed by atoms with Gasteiger partial charge in [-0.25, -0.2) is 4.98 Å². The molecule has 202 valence electrons. The standard InChI is InChI=1S/C27H37N8O2P/c1-3-35-24-19(5-4-10-28-25(36)26(35)37)18-29-27(31-24)30-20-6-7-22(23(38)17-20)34-11-8-21(9-12-34)33-15-13-32(2)14-16-33/h3,6-7,17-18,21H,1,4-5,8-16,38H2,2H3,(H,28,36)(H,29,30,31). The molecule has 1 aromatic carbocycles. The van der Waals surface area contributed by atoms with Crippen LogP contribution in [0.1, 0.15) is 24.8 Å². The molecule has 3 aliphatic heterocycles. The minimum Gasteiger partial charge on any atom is -0.371 e. The van der Waals surface area contributed by atoms with E-state index in [0.29, 0.717) is 37.2 Å². The van der Waals surface area contributed by atoms with Crippen molar-refractivity contribution in [3.05, 3.63) is 42.7 Å². The largest absolute Gasteiger partial charge is 0.371 e. The number of piperazine rings is 1. The van der Waals surface area contributed by atoms with E-state index in [-0.39, 0.29) is 0 Å². The zero-order valence-electron chi connectivity index (χ0n) is 22.0. The topological polar surface area (TPSA) is 96.9 Å². The highest BCUT2D eigenvalue weighted by molar-refractivity contribution is 7.28. The van der Waals surface area contributed by atoms with E-state index in [9.17, 15) is 9.59 Å². The van der Waals surface area contributed by atoms with Gasteiger partial charge < -0.3 is 20.4 Å². The van der Waals surface area contributed by atoms with Crippen molar-refractivity contribution in [1.82, 2.24) is 25.1 Å². The third-order valence-corrected chi connectivity index (χ3v) is 8.18. The molecule has 0 spiro atoms. The van der Waals surface area contributed by atoms with Gasteiger partial charge in [-0.05, 0) is 56.2 Å². The molecule has 2 saturated heterocycles. The molecule has 11 heteroatoms. The van der Waals surface area contributed by atoms with Crippen molar-refractivity contribution in [3.63, 3.8) is 0 Å². The summed E-state index contributed by atoms with van der Waals surface area (Å²) in [6.45, 7) is 10.9. The van der Waals surface area contributed by atoms with Crippen LogP contribution in [0.3, 0.4) is 0 Å². The van der Waals surface area contributed by atoms with Crippen molar-refractivity contribution < 1.29 is 9.59 Å². The molecule has 0 saturated carbocycles. The number of aryl methyl sites for hydroxylation is 1. The second kappa shape index (κ2) is 11.8. The number of rotatable bonds is 5. The van der Waals surface area contributed by atoms with Crippen LogP contribution >= 0.6 is 9.24 Å². The highest BCUT2D eigenvalue weighted by Crippen LogP contribution is 2.27. The Morgan fingerprint density at radius 3 is 2.61 bits per heavy atom. The SMILES string of the molecule is C=CN1C(=O)C(=O)NCCCc2cnc(Nc3ccc(N4CCC(N5CCN(C)CC5)CC4)c(P)c3)nc21. The molecule has 1 aromatic heterocycles. The van der Waals surface area contributed by atoms with E-state index in [1.54, 1.807) is 6.20 Å². The van der Waals surface area contributed by atoms with Crippen LogP contribution in [-0.2, 0) is 16.0 Å². The van der Waals surface area contributed by atoms with E-state index in [2.05, 4.69) is 70.3 Å². The van der Waals surface area contributed by atoms with Crippen LogP contribution in [0.5, 0.6) is 0 Å². The van der Waals surface area contributed by atoms with Crippen molar-refractivity contribution in [1.29, 1.82) is 0 Å². The fourth-order valence-corrected chi connectivity index (χ4v) is 5.94. The number of amides is 2. The number of nitrogens with zero attached hydrogens (tertiary/aromatic N) is 6. The van der Waals surface area contributed by atoms with E-state index in [1.807, 2.05) is 6.07 Å². The maximum atomic E-state index is 12.6. The maximum absolute atomic E-state index is 12.6. The zero-order valence-corrected chi connectivity index (χ0v) is 23.2. The minimum absolute atomic E-state index is 0.355. The van der Waals surface area contributed by atoms with Crippen LogP contribution in [0.2, 0.25) is 0 Å². The van der Waals surface area contributed by atoms with Crippen LogP contribution < -0.4 is 25.7 Å². The second-order valence-electron chi connectivity index (χ2n) is 10.2. The summed E-state index contributed by atoms with van der Waals surface area (Å²) in [4.78, 5) is 42.6. The van der Waals surface area contributed by atoms with Gasteiger partial charge in [0.25, 0.3) is 0 Å². The molecule has 4 heterocycles. The van der Waals surface area contributed by atoms with Crippen molar-refractivity contribution >= 4 is 49.5 Å². The van der Waals surface area contributed by atoms with E-state index < -0.39 is 11.8 Å². The van der Waals surface area contributed by atoms with Crippen molar-refractivity contribution in [2.24, 2.45) is 0 Å². The maximum Gasteiger partial charge on any atom is 0.321 e. The summed E-state index contributed by atoms with van der Waals surface area (Å²) in [5.74, 6) is -0.638. The van der Waals surface area contributed by atoms with Crippen LogP contribution in [-0.4, -0.2) is 90.5 Å². The molecule has 0 aliphatic carbocycles. The lowest BCUT2D eigenvalue weighted by Crippen LogP contribution is -2.52. The Hall–Kier alpha value is -3.07. The fourth-order valence-electron chi connectivity index (χ4n) is 5.48. The highest BCUT2D eigenvalue weighted by Gasteiger charge is 2.28. The first kappa shape index (κ1) is 26.5. The summed E-state index contributed by atoms with van der Waals surface area (Å²) in [6, 6.07) is 6.93. The molecule has 0 bridgehead atoms. The Bertz CT molecular complexity index is 1190. The molecular weight excluding hydrogens is 499 g/mol. The summed E-state index contributed by atoms with van der Waals surface area (Å²) >= 11 is 0. The number of aromatic nitrogens is 2. The summed E-state index contributed by atoms with van der Waals surface area (Å²) in [6.07, 6.45) is 6.75. The first-order valence-corrected chi connectivity index (χ1v) is 13.9. The van der Waals surface area contributed by atoms with Crippen LogP contribution in [0.25, 0.3) is 0 Å². The number of hydrogen-bond acceptors (Lipinski definition) is 8. The van der Waals surface area contributed by atoms with E-state index in [4.69, 9.17) is 0 Å². The number of piperidine rings is 1. The highest BCUT2D eigenvalue weighted by atomic mass is 31.0. The summed E-state index contributed by atoms with van der Waals surface area (Å²) in [7, 11) is 5.07. The van der Waals surface area contributed by atoms with Crippen LogP contribution in [0.4, 0.5) is 23.1 Å². The number of fused-ring (bicyclic) bond motifs is 1. The predicted molar refractivity (Wildman–Crippen MR) is 154 cm³/mol. The van der Waals surface area contributed by atoms with Crippen molar-refractivity contribution in [3.8, 4) is 0 Å². The van der Waals surface area contributed by atoms with Gasteiger partial charge in [-0.15, -0.1) is 9.24 Å². The summed E-state index contributed by atoms with van der Waals surface area (Å²) < 4.78 is 0. The Labute approximate surface area is 226 Å². The van der Waals surface area contributed by atoms with E-state index in [0.717, 1.165) is 42.7 Å². The molecule has 1 atom stereocenters. The lowest BCUT2D eigenvalue weighted by molar-refractivity contribution is -0.137. The fraction of sp³-hybridized carbons (Fsp3) is 0.481. The molecule has 2 fully saturated rings. The lowest BCUT2D eigenvalue weighted by Gasteiger charge is -2.42. The predicted octanol–water partition coefficient (Wildman–Crippen LogP) is 1.48. The van der Waals surface area contributed by atoms with Gasteiger partial charge in [-0.1, -0.05) is 6.58 Å². The van der Waals surface area contributed by atoms with Gasteiger partial charge in [-0.3, -0.25) is 19.4 Å². The molecule has 3 aliphatic rings. The van der Waals surface area contributed by atoms with Gasteiger partial charge in [0.1, 0.15) is 5.82 Å². The molecule has 38 heavy (non-hydrogen) atoms.